The molecule has 3 rings (SSSR count). The number of anilines is 1. The van der Waals surface area contributed by atoms with Gasteiger partial charge in [0.2, 0.25) is 15.9 Å². The van der Waals surface area contributed by atoms with Gasteiger partial charge in [-0.1, -0.05) is 18.2 Å². The van der Waals surface area contributed by atoms with Crippen molar-refractivity contribution in [2.24, 2.45) is 0 Å². The number of sulfonamides is 1. The van der Waals surface area contributed by atoms with Crippen molar-refractivity contribution in [3.63, 3.8) is 0 Å². The van der Waals surface area contributed by atoms with Gasteiger partial charge in [0.1, 0.15) is 6.04 Å². The van der Waals surface area contributed by atoms with Gasteiger partial charge in [0.25, 0.3) is 0 Å². The Bertz CT molecular complexity index is 653. The van der Waals surface area contributed by atoms with E-state index in [1.165, 1.54) is 0 Å². The lowest BCUT2D eigenvalue weighted by molar-refractivity contribution is -0.118. The number of amides is 1. The normalized spacial score (nSPS) is 25.4. The summed E-state index contributed by atoms with van der Waals surface area (Å²) < 4.78 is 32.5. The van der Waals surface area contributed by atoms with Crippen LogP contribution in [0, 0.1) is 0 Å². The summed E-state index contributed by atoms with van der Waals surface area (Å²) in [5, 5.41) is 2.74. The molecule has 0 aromatic heterocycles. The third kappa shape index (κ3) is 3.66. The van der Waals surface area contributed by atoms with Crippen molar-refractivity contribution in [1.82, 2.24) is 4.72 Å². The summed E-state index contributed by atoms with van der Waals surface area (Å²) in [5.41, 5.74) is 1.68. The molecule has 2 atom stereocenters. The molecule has 1 fully saturated rings. The molecule has 0 saturated carbocycles. The number of benzene rings is 1. The van der Waals surface area contributed by atoms with Crippen LogP contribution in [0.25, 0.3) is 0 Å². The van der Waals surface area contributed by atoms with Crippen LogP contribution < -0.4 is 10.0 Å². The third-order valence-electron chi connectivity index (χ3n) is 4.02. The van der Waals surface area contributed by atoms with Gasteiger partial charge >= 0.3 is 0 Å². The highest BCUT2D eigenvalue weighted by atomic mass is 32.2. The molecule has 2 aliphatic rings. The minimum atomic E-state index is -3.55. The van der Waals surface area contributed by atoms with Gasteiger partial charge in [-0.2, -0.15) is 0 Å². The Balaban J connectivity index is 1.66. The van der Waals surface area contributed by atoms with E-state index in [1.807, 2.05) is 24.3 Å². The predicted molar refractivity (Wildman–Crippen MR) is 83.1 cm³/mol. The summed E-state index contributed by atoms with van der Waals surface area (Å²) in [5.74, 6) is -0.398. The van der Waals surface area contributed by atoms with E-state index in [0.29, 0.717) is 13.0 Å². The number of hydrogen-bond donors (Lipinski definition) is 2. The maximum Gasteiger partial charge on any atom is 0.242 e. The van der Waals surface area contributed by atoms with Gasteiger partial charge < -0.3 is 10.1 Å². The van der Waals surface area contributed by atoms with E-state index in [9.17, 15) is 13.2 Å². The lowest BCUT2D eigenvalue weighted by Crippen LogP contribution is -2.49. The maximum absolute atomic E-state index is 12.3. The maximum atomic E-state index is 12.3. The first-order valence-electron chi connectivity index (χ1n) is 7.54. The van der Waals surface area contributed by atoms with Crippen molar-refractivity contribution in [3.05, 3.63) is 29.8 Å². The van der Waals surface area contributed by atoms with E-state index in [4.69, 9.17) is 4.74 Å². The second-order valence-electron chi connectivity index (χ2n) is 5.79. The number of ether oxygens (including phenoxy) is 1. The highest BCUT2D eigenvalue weighted by Crippen LogP contribution is 2.22. The highest BCUT2D eigenvalue weighted by Gasteiger charge is 2.31. The van der Waals surface area contributed by atoms with Crippen LogP contribution in [0.15, 0.2) is 24.3 Å². The van der Waals surface area contributed by atoms with Crippen LogP contribution >= 0.6 is 0 Å². The largest absolute Gasteiger partial charge is 0.377 e. The number of carbonyl (C=O) groups excluding carboxylic acids is 1. The Kier molecular flexibility index (Phi) is 4.46. The van der Waals surface area contributed by atoms with Crippen LogP contribution in [0.3, 0.4) is 0 Å². The Hall–Kier alpha value is -1.44. The van der Waals surface area contributed by atoms with Crippen LogP contribution in [0.4, 0.5) is 5.69 Å². The van der Waals surface area contributed by atoms with Crippen molar-refractivity contribution in [1.29, 1.82) is 0 Å². The van der Waals surface area contributed by atoms with Crippen LogP contribution in [0.5, 0.6) is 0 Å². The van der Waals surface area contributed by atoms with E-state index in [0.717, 1.165) is 30.5 Å². The van der Waals surface area contributed by atoms with Gasteiger partial charge in [0.15, 0.2) is 0 Å². The van der Waals surface area contributed by atoms with Gasteiger partial charge in [0, 0.05) is 12.3 Å². The summed E-state index contributed by atoms with van der Waals surface area (Å²) >= 11 is 0. The first kappa shape index (κ1) is 15.5. The van der Waals surface area contributed by atoms with Crippen molar-refractivity contribution in [3.8, 4) is 0 Å². The zero-order valence-electron chi connectivity index (χ0n) is 12.2. The lowest BCUT2D eigenvalue weighted by Gasteiger charge is -2.27. The molecule has 22 heavy (non-hydrogen) atoms. The molecule has 0 spiro atoms. The van der Waals surface area contributed by atoms with Gasteiger partial charge in [-0.3, -0.25) is 4.79 Å². The Morgan fingerprint density at radius 1 is 1.27 bits per heavy atom. The van der Waals surface area contributed by atoms with Crippen molar-refractivity contribution >= 4 is 21.6 Å². The standard InChI is InChI=1S/C15H20N2O4S/c18-15-14(9-11-5-1-2-7-13(11)16-15)17-22(19,20)10-12-6-3-4-8-21-12/h1-2,5,7,12,14,17H,3-4,6,8-10H2,(H,16,18). The average Bonchev–Trinajstić information content (AvgIpc) is 2.48. The van der Waals surface area contributed by atoms with E-state index in [2.05, 4.69) is 10.0 Å². The Morgan fingerprint density at radius 2 is 2.09 bits per heavy atom. The van der Waals surface area contributed by atoms with E-state index in [1.54, 1.807) is 0 Å². The number of fused-ring (bicyclic) bond motifs is 1. The van der Waals surface area contributed by atoms with Gasteiger partial charge in [0.05, 0.1) is 11.9 Å². The van der Waals surface area contributed by atoms with Gasteiger partial charge in [-0.25, -0.2) is 13.1 Å². The highest BCUT2D eigenvalue weighted by molar-refractivity contribution is 7.89. The molecular weight excluding hydrogens is 304 g/mol. The van der Waals surface area contributed by atoms with Gasteiger partial charge in [-0.05, 0) is 37.3 Å². The van der Waals surface area contributed by atoms with Crippen molar-refractivity contribution in [2.75, 3.05) is 17.7 Å². The molecule has 0 bridgehead atoms. The lowest BCUT2D eigenvalue weighted by atomic mass is 10.00. The molecule has 1 saturated heterocycles. The molecule has 2 heterocycles. The van der Waals surface area contributed by atoms with E-state index in [-0.39, 0.29) is 17.8 Å². The van der Waals surface area contributed by atoms with Crippen molar-refractivity contribution < 1.29 is 17.9 Å². The smallest absolute Gasteiger partial charge is 0.242 e. The minimum absolute atomic E-state index is 0.0849. The molecule has 7 heteroatoms. The first-order chi connectivity index (χ1) is 10.5. The first-order valence-corrected chi connectivity index (χ1v) is 9.19. The molecule has 0 radical (unpaired) electrons. The van der Waals surface area contributed by atoms with Gasteiger partial charge in [-0.15, -0.1) is 0 Å². The van der Waals surface area contributed by atoms with Crippen LogP contribution in [0.1, 0.15) is 24.8 Å². The molecule has 6 nitrogen and oxygen atoms in total. The number of hydrogen-bond acceptors (Lipinski definition) is 4. The topological polar surface area (TPSA) is 84.5 Å². The van der Waals surface area contributed by atoms with Crippen LogP contribution in [0.2, 0.25) is 0 Å². The minimum Gasteiger partial charge on any atom is -0.377 e. The molecule has 1 aromatic rings. The van der Waals surface area contributed by atoms with E-state index < -0.39 is 16.1 Å². The fourth-order valence-corrected chi connectivity index (χ4v) is 4.37. The summed E-state index contributed by atoms with van der Waals surface area (Å²) in [6.45, 7) is 0.609. The quantitative estimate of drug-likeness (QED) is 0.866. The second-order valence-corrected chi connectivity index (χ2v) is 7.59. The number of carbonyl (C=O) groups is 1. The zero-order valence-corrected chi connectivity index (χ0v) is 13.1. The summed E-state index contributed by atoms with van der Waals surface area (Å²) in [4.78, 5) is 12.1. The molecule has 2 aliphatic heterocycles. The predicted octanol–water partition coefficient (Wildman–Crippen LogP) is 1.04. The molecule has 2 N–H and O–H groups in total. The zero-order chi connectivity index (χ0) is 15.6. The molecule has 2 unspecified atom stereocenters. The molecule has 1 amide bonds. The third-order valence-corrected chi connectivity index (χ3v) is 5.47. The molecular formula is C15H20N2O4S. The number of nitrogens with one attached hydrogen (secondary N) is 2. The summed E-state index contributed by atoms with van der Waals surface area (Å²) in [7, 11) is -3.55. The SMILES string of the molecule is O=C1Nc2ccccc2CC1NS(=O)(=O)CC1CCCCO1. The number of rotatable bonds is 4. The molecule has 0 aliphatic carbocycles. The summed E-state index contributed by atoms with van der Waals surface area (Å²) in [6, 6.07) is 6.65. The fourth-order valence-electron chi connectivity index (χ4n) is 2.90. The fraction of sp³-hybridized carbons (Fsp3) is 0.533. The van der Waals surface area contributed by atoms with Crippen LogP contribution in [-0.4, -0.2) is 38.8 Å². The van der Waals surface area contributed by atoms with Crippen LogP contribution in [-0.2, 0) is 26.0 Å². The van der Waals surface area contributed by atoms with E-state index >= 15 is 0 Å². The molecule has 120 valence electrons. The number of para-hydroxylation sites is 1. The summed E-state index contributed by atoms with van der Waals surface area (Å²) in [6.07, 6.45) is 2.81. The average molecular weight is 324 g/mol. The molecule has 1 aromatic carbocycles. The monoisotopic (exact) mass is 324 g/mol. The van der Waals surface area contributed by atoms with Crippen molar-refractivity contribution in [2.45, 2.75) is 37.8 Å². The Morgan fingerprint density at radius 3 is 2.86 bits per heavy atom. The second kappa shape index (κ2) is 6.36. The Labute approximate surface area is 130 Å².